The Morgan fingerprint density at radius 2 is 1.93 bits per heavy atom. The summed E-state index contributed by atoms with van der Waals surface area (Å²) >= 11 is 0. The van der Waals surface area contributed by atoms with E-state index in [0.717, 1.165) is 37.7 Å². The summed E-state index contributed by atoms with van der Waals surface area (Å²) in [7, 11) is 0. The minimum atomic E-state index is 0.340. The molecule has 76 valence electrons. The van der Waals surface area contributed by atoms with Crippen molar-refractivity contribution < 1.29 is 0 Å². The summed E-state index contributed by atoms with van der Waals surface area (Å²) in [6.45, 7) is 5.11. The second kappa shape index (κ2) is 3.88. The first kappa shape index (κ1) is 9.33. The van der Waals surface area contributed by atoms with Gasteiger partial charge in [0.1, 0.15) is 11.6 Å². The van der Waals surface area contributed by atoms with E-state index in [0.29, 0.717) is 5.95 Å². The smallest absolute Gasteiger partial charge is 0.223 e. The molecule has 1 fully saturated rings. The van der Waals surface area contributed by atoms with Crippen molar-refractivity contribution in [2.24, 2.45) is 0 Å². The first-order chi connectivity index (χ1) is 6.78. The highest BCUT2D eigenvalue weighted by Crippen LogP contribution is 2.10. The average Bonchev–Trinajstić information content (AvgIpc) is 2.10. The van der Waals surface area contributed by atoms with E-state index in [4.69, 9.17) is 5.73 Å². The van der Waals surface area contributed by atoms with Gasteiger partial charge in [-0.1, -0.05) is 6.92 Å². The van der Waals surface area contributed by atoms with Crippen LogP contribution in [0.3, 0.4) is 0 Å². The molecule has 0 saturated carbocycles. The van der Waals surface area contributed by atoms with E-state index in [-0.39, 0.29) is 0 Å². The average molecular weight is 193 g/mol. The lowest BCUT2D eigenvalue weighted by molar-refractivity contribution is 0.168. The Morgan fingerprint density at radius 1 is 1.21 bits per heavy atom. The SMILES string of the molecule is CCc1nc(N)nc(CN2CCC2)n1. The van der Waals surface area contributed by atoms with Crippen LogP contribution in [0.25, 0.3) is 0 Å². The third kappa shape index (κ3) is 1.98. The van der Waals surface area contributed by atoms with E-state index in [2.05, 4.69) is 19.9 Å². The minimum absolute atomic E-state index is 0.340. The fourth-order valence-electron chi connectivity index (χ4n) is 1.46. The molecule has 1 aromatic rings. The van der Waals surface area contributed by atoms with Crippen LogP contribution >= 0.6 is 0 Å². The first-order valence-corrected chi connectivity index (χ1v) is 4.99. The van der Waals surface area contributed by atoms with E-state index < -0.39 is 0 Å². The second-order valence-electron chi connectivity index (χ2n) is 3.51. The van der Waals surface area contributed by atoms with Crippen LogP contribution in [-0.4, -0.2) is 32.9 Å². The predicted octanol–water partition coefficient (Wildman–Crippen LogP) is 0.222. The van der Waals surface area contributed by atoms with E-state index in [1.54, 1.807) is 0 Å². The predicted molar refractivity (Wildman–Crippen MR) is 53.5 cm³/mol. The Bertz CT molecular complexity index is 321. The number of aryl methyl sites for hydroxylation is 1. The zero-order valence-electron chi connectivity index (χ0n) is 8.40. The largest absolute Gasteiger partial charge is 0.368 e. The molecule has 2 heterocycles. The van der Waals surface area contributed by atoms with Gasteiger partial charge in [-0.25, -0.2) is 4.98 Å². The molecule has 0 aromatic carbocycles. The van der Waals surface area contributed by atoms with Gasteiger partial charge in [0.25, 0.3) is 0 Å². The van der Waals surface area contributed by atoms with Crippen molar-refractivity contribution in [1.29, 1.82) is 0 Å². The Morgan fingerprint density at radius 3 is 2.50 bits per heavy atom. The molecule has 0 radical (unpaired) electrons. The third-order valence-corrected chi connectivity index (χ3v) is 2.38. The van der Waals surface area contributed by atoms with E-state index >= 15 is 0 Å². The lowest BCUT2D eigenvalue weighted by atomic mass is 10.2. The van der Waals surface area contributed by atoms with Crippen LogP contribution in [0.15, 0.2) is 0 Å². The van der Waals surface area contributed by atoms with Gasteiger partial charge in [-0.15, -0.1) is 0 Å². The maximum atomic E-state index is 5.59. The fraction of sp³-hybridized carbons (Fsp3) is 0.667. The molecule has 0 spiro atoms. The van der Waals surface area contributed by atoms with Crippen molar-refractivity contribution in [3.8, 4) is 0 Å². The first-order valence-electron chi connectivity index (χ1n) is 4.99. The number of rotatable bonds is 3. The number of hydrogen-bond donors (Lipinski definition) is 1. The molecule has 0 atom stereocenters. The number of nitrogens with zero attached hydrogens (tertiary/aromatic N) is 4. The topological polar surface area (TPSA) is 67.9 Å². The quantitative estimate of drug-likeness (QED) is 0.743. The van der Waals surface area contributed by atoms with Gasteiger partial charge in [0, 0.05) is 6.42 Å². The molecule has 1 saturated heterocycles. The van der Waals surface area contributed by atoms with Crippen molar-refractivity contribution >= 4 is 5.95 Å². The number of aromatic nitrogens is 3. The van der Waals surface area contributed by atoms with Crippen LogP contribution in [0.2, 0.25) is 0 Å². The second-order valence-corrected chi connectivity index (χ2v) is 3.51. The summed E-state index contributed by atoms with van der Waals surface area (Å²) in [5.41, 5.74) is 5.59. The minimum Gasteiger partial charge on any atom is -0.368 e. The molecule has 5 heteroatoms. The Labute approximate surface area is 83.4 Å². The van der Waals surface area contributed by atoms with Crippen LogP contribution in [0.5, 0.6) is 0 Å². The Hall–Kier alpha value is -1.23. The van der Waals surface area contributed by atoms with Crippen molar-refractivity contribution in [2.75, 3.05) is 18.8 Å². The highest BCUT2D eigenvalue weighted by molar-refractivity contribution is 5.15. The highest BCUT2D eigenvalue weighted by atomic mass is 15.2. The molecule has 0 bridgehead atoms. The van der Waals surface area contributed by atoms with Gasteiger partial charge in [-0.05, 0) is 19.5 Å². The molecule has 5 nitrogen and oxygen atoms in total. The van der Waals surface area contributed by atoms with Crippen molar-refractivity contribution in [3.63, 3.8) is 0 Å². The van der Waals surface area contributed by atoms with Gasteiger partial charge in [-0.3, -0.25) is 4.90 Å². The standard InChI is InChI=1S/C9H15N5/c1-2-7-11-8(13-9(10)12-7)6-14-4-3-5-14/h2-6H2,1H3,(H2,10,11,12,13). The van der Waals surface area contributed by atoms with Gasteiger partial charge in [-0.2, -0.15) is 9.97 Å². The van der Waals surface area contributed by atoms with Crippen LogP contribution in [-0.2, 0) is 13.0 Å². The fourth-order valence-corrected chi connectivity index (χ4v) is 1.46. The lowest BCUT2D eigenvalue weighted by Crippen LogP contribution is -2.37. The molecule has 14 heavy (non-hydrogen) atoms. The molecule has 2 N–H and O–H groups in total. The van der Waals surface area contributed by atoms with Crippen molar-refractivity contribution in [1.82, 2.24) is 19.9 Å². The van der Waals surface area contributed by atoms with Gasteiger partial charge >= 0.3 is 0 Å². The molecule has 0 amide bonds. The van der Waals surface area contributed by atoms with Crippen LogP contribution in [0.1, 0.15) is 25.0 Å². The molecular weight excluding hydrogens is 178 g/mol. The molecule has 1 aliphatic rings. The van der Waals surface area contributed by atoms with E-state index in [1.165, 1.54) is 6.42 Å². The van der Waals surface area contributed by atoms with Crippen LogP contribution in [0.4, 0.5) is 5.95 Å². The van der Waals surface area contributed by atoms with Gasteiger partial charge in [0.15, 0.2) is 0 Å². The number of nitrogen functional groups attached to an aromatic ring is 1. The lowest BCUT2D eigenvalue weighted by Gasteiger charge is -2.29. The zero-order chi connectivity index (χ0) is 9.97. The van der Waals surface area contributed by atoms with Crippen molar-refractivity contribution in [2.45, 2.75) is 26.3 Å². The molecule has 1 aliphatic heterocycles. The molecular formula is C9H15N5. The van der Waals surface area contributed by atoms with E-state index in [1.807, 2.05) is 6.92 Å². The third-order valence-electron chi connectivity index (χ3n) is 2.38. The summed E-state index contributed by atoms with van der Waals surface area (Å²) in [5.74, 6) is 1.93. The normalized spacial score (nSPS) is 16.6. The Kier molecular flexibility index (Phi) is 2.58. The molecule has 0 unspecified atom stereocenters. The van der Waals surface area contributed by atoms with Crippen molar-refractivity contribution in [3.05, 3.63) is 11.6 Å². The zero-order valence-corrected chi connectivity index (χ0v) is 8.40. The van der Waals surface area contributed by atoms with Crippen LogP contribution in [0, 0.1) is 0 Å². The maximum Gasteiger partial charge on any atom is 0.223 e. The monoisotopic (exact) mass is 193 g/mol. The number of likely N-dealkylation sites (tertiary alicyclic amines) is 1. The molecule has 0 aliphatic carbocycles. The summed E-state index contributed by atoms with van der Waals surface area (Å²) in [5, 5.41) is 0. The summed E-state index contributed by atoms with van der Waals surface area (Å²) in [4.78, 5) is 14.8. The maximum absolute atomic E-state index is 5.59. The summed E-state index contributed by atoms with van der Waals surface area (Å²) in [6.07, 6.45) is 2.08. The highest BCUT2D eigenvalue weighted by Gasteiger charge is 2.15. The van der Waals surface area contributed by atoms with Gasteiger partial charge in [0.2, 0.25) is 5.95 Å². The number of anilines is 1. The summed E-state index contributed by atoms with van der Waals surface area (Å²) in [6, 6.07) is 0. The van der Waals surface area contributed by atoms with Gasteiger partial charge in [0.05, 0.1) is 6.54 Å². The Balaban J connectivity index is 2.11. The van der Waals surface area contributed by atoms with Gasteiger partial charge < -0.3 is 5.73 Å². The molecule has 2 rings (SSSR count). The number of hydrogen-bond acceptors (Lipinski definition) is 5. The number of nitrogens with two attached hydrogens (primary N) is 1. The van der Waals surface area contributed by atoms with E-state index in [9.17, 15) is 0 Å². The molecule has 1 aromatic heterocycles. The van der Waals surface area contributed by atoms with Crippen LogP contribution < -0.4 is 5.73 Å². The summed E-state index contributed by atoms with van der Waals surface area (Å²) < 4.78 is 0.